The van der Waals surface area contributed by atoms with Gasteiger partial charge in [0.2, 0.25) is 17.7 Å². The zero-order chi connectivity index (χ0) is 14.3. The van der Waals surface area contributed by atoms with E-state index < -0.39 is 5.41 Å². The van der Waals surface area contributed by atoms with Crippen LogP contribution >= 0.6 is 0 Å². The molecule has 110 valence electrons. The van der Waals surface area contributed by atoms with E-state index in [9.17, 15) is 14.4 Å². The minimum absolute atomic E-state index is 0.101. The number of carbonyl (C=O) groups excluding carboxylic acids is 3. The Balaban J connectivity index is 1.60. The van der Waals surface area contributed by atoms with Crippen LogP contribution in [0.2, 0.25) is 0 Å². The van der Waals surface area contributed by atoms with Gasteiger partial charge in [0.15, 0.2) is 0 Å². The molecule has 1 heterocycles. The predicted molar refractivity (Wildman–Crippen MR) is 72.6 cm³/mol. The number of amides is 3. The summed E-state index contributed by atoms with van der Waals surface area (Å²) in [6.45, 7) is 1.89. The van der Waals surface area contributed by atoms with E-state index in [1.807, 2.05) is 6.92 Å². The van der Waals surface area contributed by atoms with Crippen LogP contribution in [0.5, 0.6) is 0 Å². The predicted octanol–water partition coefficient (Wildman–Crippen LogP) is 1.22. The molecule has 3 fully saturated rings. The lowest BCUT2D eigenvalue weighted by Crippen LogP contribution is -2.45. The molecule has 1 N–H and O–H groups in total. The normalized spacial score (nSPS) is 26.4. The Morgan fingerprint density at radius 1 is 1.35 bits per heavy atom. The number of hydrogen-bond acceptors (Lipinski definition) is 3. The van der Waals surface area contributed by atoms with E-state index in [1.165, 1.54) is 4.90 Å². The van der Waals surface area contributed by atoms with E-state index in [1.54, 1.807) is 0 Å². The summed E-state index contributed by atoms with van der Waals surface area (Å²) >= 11 is 0. The first-order valence-corrected chi connectivity index (χ1v) is 7.66. The van der Waals surface area contributed by atoms with Gasteiger partial charge in [0, 0.05) is 12.5 Å². The van der Waals surface area contributed by atoms with E-state index in [4.69, 9.17) is 0 Å². The zero-order valence-corrected chi connectivity index (χ0v) is 12.0. The van der Waals surface area contributed by atoms with Crippen molar-refractivity contribution in [1.29, 1.82) is 0 Å². The second-order valence-electron chi connectivity index (χ2n) is 6.64. The summed E-state index contributed by atoms with van der Waals surface area (Å²) in [5.41, 5.74) is -0.473. The Kier molecular flexibility index (Phi) is 3.30. The van der Waals surface area contributed by atoms with E-state index >= 15 is 0 Å². The van der Waals surface area contributed by atoms with Crippen LogP contribution in [0.4, 0.5) is 0 Å². The average Bonchev–Trinajstić information content (AvgIpc) is 3.11. The summed E-state index contributed by atoms with van der Waals surface area (Å²) in [5.74, 6) is 0.0756. The molecular weight excluding hydrogens is 256 g/mol. The third-order valence-corrected chi connectivity index (χ3v) is 5.07. The summed E-state index contributed by atoms with van der Waals surface area (Å²) in [6, 6.07) is 0.149. The minimum atomic E-state index is -0.473. The van der Waals surface area contributed by atoms with Crippen molar-refractivity contribution >= 4 is 17.7 Å². The van der Waals surface area contributed by atoms with Crippen LogP contribution in [0.25, 0.3) is 0 Å². The second-order valence-corrected chi connectivity index (χ2v) is 6.64. The molecule has 1 saturated heterocycles. The Hall–Kier alpha value is -1.39. The zero-order valence-electron chi connectivity index (χ0n) is 12.0. The molecule has 2 aliphatic carbocycles. The van der Waals surface area contributed by atoms with E-state index in [0.29, 0.717) is 12.3 Å². The lowest BCUT2D eigenvalue weighted by atomic mass is 9.84. The standard InChI is InChI=1S/C15H22N2O3/c1-10(11-4-5-11)16-12(18)9-17-13(19)8-15(14(17)20)6-2-3-7-15/h10-11H,2-9H2,1H3,(H,16,18). The summed E-state index contributed by atoms with van der Waals surface area (Å²) in [6.07, 6.45) is 6.24. The van der Waals surface area contributed by atoms with Crippen LogP contribution in [-0.2, 0) is 14.4 Å². The first-order valence-electron chi connectivity index (χ1n) is 7.66. The lowest BCUT2D eigenvalue weighted by Gasteiger charge is -2.21. The number of likely N-dealkylation sites (tertiary alicyclic amines) is 1. The highest BCUT2D eigenvalue weighted by Crippen LogP contribution is 2.46. The number of imide groups is 1. The maximum absolute atomic E-state index is 12.4. The maximum atomic E-state index is 12.4. The summed E-state index contributed by atoms with van der Waals surface area (Å²) < 4.78 is 0. The van der Waals surface area contributed by atoms with E-state index in [0.717, 1.165) is 38.5 Å². The fourth-order valence-electron chi connectivity index (χ4n) is 3.62. The fraction of sp³-hybridized carbons (Fsp3) is 0.800. The SMILES string of the molecule is CC(NC(=O)CN1C(=O)CC2(CCCC2)C1=O)C1CC1. The molecule has 3 amide bonds. The maximum Gasteiger partial charge on any atom is 0.240 e. The molecule has 0 radical (unpaired) electrons. The van der Waals surface area contributed by atoms with Crippen molar-refractivity contribution < 1.29 is 14.4 Å². The molecule has 5 nitrogen and oxygen atoms in total. The molecule has 1 spiro atoms. The van der Waals surface area contributed by atoms with Crippen LogP contribution in [0, 0.1) is 11.3 Å². The van der Waals surface area contributed by atoms with Crippen molar-refractivity contribution in [3.8, 4) is 0 Å². The van der Waals surface area contributed by atoms with Crippen LogP contribution < -0.4 is 5.32 Å². The third kappa shape index (κ3) is 2.34. The molecule has 0 bridgehead atoms. The molecule has 0 aromatic rings. The molecule has 5 heteroatoms. The molecule has 1 atom stereocenters. The van der Waals surface area contributed by atoms with Crippen molar-refractivity contribution in [3.63, 3.8) is 0 Å². The number of rotatable bonds is 4. The Morgan fingerprint density at radius 3 is 2.60 bits per heavy atom. The molecule has 2 saturated carbocycles. The van der Waals surface area contributed by atoms with Crippen molar-refractivity contribution in [2.45, 2.75) is 57.9 Å². The Morgan fingerprint density at radius 2 is 2.00 bits per heavy atom. The van der Waals surface area contributed by atoms with Gasteiger partial charge in [-0.2, -0.15) is 0 Å². The smallest absolute Gasteiger partial charge is 0.240 e. The van der Waals surface area contributed by atoms with Crippen molar-refractivity contribution in [2.24, 2.45) is 11.3 Å². The lowest BCUT2D eigenvalue weighted by molar-refractivity contribution is -0.144. The number of nitrogens with zero attached hydrogens (tertiary/aromatic N) is 1. The molecule has 1 aliphatic heterocycles. The van der Waals surface area contributed by atoms with Gasteiger partial charge in [-0.05, 0) is 38.5 Å². The number of hydrogen-bond donors (Lipinski definition) is 1. The topological polar surface area (TPSA) is 66.5 Å². The number of nitrogens with one attached hydrogen (secondary N) is 1. The van der Waals surface area contributed by atoms with Gasteiger partial charge in [-0.15, -0.1) is 0 Å². The van der Waals surface area contributed by atoms with Crippen molar-refractivity contribution in [3.05, 3.63) is 0 Å². The van der Waals surface area contributed by atoms with Crippen LogP contribution in [0.1, 0.15) is 51.9 Å². The van der Waals surface area contributed by atoms with Gasteiger partial charge in [0.25, 0.3) is 0 Å². The van der Waals surface area contributed by atoms with E-state index in [2.05, 4.69) is 5.32 Å². The monoisotopic (exact) mass is 278 g/mol. The summed E-state index contributed by atoms with van der Waals surface area (Å²) in [4.78, 5) is 37.6. The van der Waals surface area contributed by atoms with Gasteiger partial charge in [0.1, 0.15) is 6.54 Å². The first kappa shape index (κ1) is 13.6. The van der Waals surface area contributed by atoms with Gasteiger partial charge in [-0.3, -0.25) is 19.3 Å². The quantitative estimate of drug-likeness (QED) is 0.786. The third-order valence-electron chi connectivity index (χ3n) is 5.07. The highest BCUT2D eigenvalue weighted by Gasteiger charge is 2.52. The molecule has 0 aromatic carbocycles. The summed E-state index contributed by atoms with van der Waals surface area (Å²) in [7, 11) is 0. The highest BCUT2D eigenvalue weighted by molar-refractivity contribution is 6.08. The van der Waals surface area contributed by atoms with Crippen LogP contribution in [0.15, 0.2) is 0 Å². The number of carbonyl (C=O) groups is 3. The van der Waals surface area contributed by atoms with Gasteiger partial charge in [-0.1, -0.05) is 12.8 Å². The van der Waals surface area contributed by atoms with Crippen LogP contribution in [0.3, 0.4) is 0 Å². The molecule has 1 unspecified atom stereocenters. The van der Waals surface area contributed by atoms with Crippen molar-refractivity contribution in [1.82, 2.24) is 10.2 Å². The second kappa shape index (κ2) is 4.86. The molecule has 20 heavy (non-hydrogen) atoms. The molecular formula is C15H22N2O3. The molecule has 3 aliphatic rings. The first-order chi connectivity index (χ1) is 9.52. The molecule has 3 rings (SSSR count). The Bertz CT molecular complexity index is 450. The van der Waals surface area contributed by atoms with Gasteiger partial charge in [0.05, 0.1) is 5.41 Å². The van der Waals surface area contributed by atoms with Crippen LogP contribution in [-0.4, -0.2) is 35.2 Å². The van der Waals surface area contributed by atoms with Crippen molar-refractivity contribution in [2.75, 3.05) is 6.54 Å². The average molecular weight is 278 g/mol. The van der Waals surface area contributed by atoms with Gasteiger partial charge < -0.3 is 5.32 Å². The van der Waals surface area contributed by atoms with Gasteiger partial charge in [-0.25, -0.2) is 0 Å². The van der Waals surface area contributed by atoms with Gasteiger partial charge >= 0.3 is 0 Å². The fourth-order valence-corrected chi connectivity index (χ4v) is 3.62. The summed E-state index contributed by atoms with van der Waals surface area (Å²) in [5, 5.41) is 2.90. The Labute approximate surface area is 119 Å². The highest BCUT2D eigenvalue weighted by atomic mass is 16.2. The molecule has 0 aromatic heterocycles. The minimum Gasteiger partial charge on any atom is -0.352 e. The van der Waals surface area contributed by atoms with E-state index in [-0.39, 0.29) is 30.3 Å². The largest absolute Gasteiger partial charge is 0.352 e.